The van der Waals surface area contributed by atoms with E-state index in [0.29, 0.717) is 24.2 Å². The second-order valence-corrected chi connectivity index (χ2v) is 35.3. The predicted molar refractivity (Wildman–Crippen MR) is 367 cm³/mol. The van der Waals surface area contributed by atoms with Gasteiger partial charge in [-0.15, -0.1) is 0 Å². The largest absolute Gasteiger partial charge is 0.472 e. The Labute approximate surface area is 589 Å². The number of esters is 1. The summed E-state index contributed by atoms with van der Waals surface area (Å²) in [5.74, 6) is -0.512. The Kier molecular flexibility index (Phi) is 28.1. The Morgan fingerprint density at radius 1 is 0.630 bits per heavy atom. The highest BCUT2D eigenvalue weighted by Gasteiger charge is 2.61. The van der Waals surface area contributed by atoms with Crippen molar-refractivity contribution < 1.29 is 104 Å². The second-order valence-electron chi connectivity index (χ2n) is 24.3. The first-order valence-electron chi connectivity index (χ1n) is 32.9. The number of aliphatic hydroxyl groups is 2. The fourth-order valence-electron chi connectivity index (χ4n) is 12.5. The van der Waals surface area contributed by atoms with Crippen molar-refractivity contribution in [2.75, 3.05) is 76.3 Å². The zero-order valence-electron chi connectivity index (χ0n) is 55.0. The molecular formula is C56H87N15O22P4S3. The van der Waals surface area contributed by atoms with Gasteiger partial charge in [0.1, 0.15) is 96.6 Å². The summed E-state index contributed by atoms with van der Waals surface area (Å²) in [5, 5.41) is 21.4. The molecule has 16 atom stereocenters. The quantitative estimate of drug-likeness (QED) is 0.0116. The van der Waals surface area contributed by atoms with Gasteiger partial charge in [-0.1, -0.05) is 96.8 Å². The Morgan fingerprint density at radius 3 is 1.68 bits per heavy atom. The van der Waals surface area contributed by atoms with Crippen LogP contribution >= 0.6 is 39.4 Å². The molecule has 44 heteroatoms. The number of ether oxygens (including phenoxy) is 6. The Morgan fingerprint density at radius 2 is 1.13 bits per heavy atom. The van der Waals surface area contributed by atoms with Crippen molar-refractivity contribution in [2.45, 2.75) is 196 Å². The molecule has 6 aromatic heterocycles. The van der Waals surface area contributed by atoms with E-state index in [1.165, 1.54) is 117 Å². The van der Waals surface area contributed by atoms with Crippen LogP contribution < -0.4 is 17.2 Å². The van der Waals surface area contributed by atoms with Crippen molar-refractivity contribution in [3.63, 3.8) is 0 Å². The summed E-state index contributed by atoms with van der Waals surface area (Å²) < 4.78 is 109. The molecule has 0 bridgehead atoms. The minimum Gasteiger partial charge on any atom is -0.465 e. The van der Waals surface area contributed by atoms with Crippen molar-refractivity contribution >= 4 is 120 Å². The number of nitrogen functional groups attached to an aromatic ring is 3. The predicted octanol–water partition coefficient (Wildman–Crippen LogP) is 6.26. The van der Waals surface area contributed by atoms with Crippen LogP contribution in [-0.2, 0) is 97.6 Å². The first kappa shape index (κ1) is 78.5. The normalized spacial score (nSPS) is 27.2. The van der Waals surface area contributed by atoms with Gasteiger partial charge < -0.3 is 84.5 Å². The summed E-state index contributed by atoms with van der Waals surface area (Å²) >= 11 is 11.8. The lowest BCUT2D eigenvalue weighted by molar-refractivity contribution is -0.164. The number of nitrogens with two attached hydrogens (primary N) is 3. The molecule has 0 aromatic carbocycles. The van der Waals surface area contributed by atoms with E-state index < -0.39 is 140 Å². The Balaban J connectivity index is 0.797. The molecule has 0 saturated carbocycles. The number of phosphoric acid groups is 1. The average molecular weight is 1540 g/mol. The highest BCUT2D eigenvalue weighted by atomic mass is 32.7. The number of nitrogens with zero attached hydrogens (tertiary/aromatic N) is 12. The van der Waals surface area contributed by atoms with Crippen LogP contribution in [0, 0.1) is 0 Å². The number of hydrogen-bond donors (Lipinski definition) is 9. The van der Waals surface area contributed by atoms with E-state index in [1.807, 2.05) is 0 Å². The number of carbonyl (C=O) groups is 1. The third-order valence-electron chi connectivity index (χ3n) is 17.3. The van der Waals surface area contributed by atoms with Crippen LogP contribution in [0.1, 0.15) is 141 Å². The minimum absolute atomic E-state index is 0.00518. The fourth-order valence-corrected chi connectivity index (χ4v) is 18.4. The molecule has 12 N–H and O–H groups in total. The third-order valence-corrected chi connectivity index (χ3v) is 24.4. The standard InChI is InChI=1S/C56H87N15O22P4S3/c1-3-4-5-6-7-8-9-10-11-12-13-14-15-16-17-19-37(73)82-24-25-100-95(77,78)91-45-46-56(20-18-22-83-46,90-55(45)71-34-68-40-49(59)62-31-65-52(40)71)28-87-97(80,99)92-43-41(74)35(88-53(43)69-32-66-38-47(57)60-29-63-50(38)69)26-86-96(79,98)93-44-42(81-2)36(27-85-94(75,76)84-23-21-72)89-54(44)70-33-67-39-48(58)61-30-64-51(39)70/h29-36,41-46,53-55,72,74H,3-28H2,1-2H3,(H,75,76)(H,77,78)(H,79,98)(H,80,99)(H2,57,60,63)(H2,58,61,64)(H2,59,62,65)/t35-,36-,41?,42?,43+,44+,45+,46?,53-,54-,55-,56-,96?,97?/m1/s1. The molecule has 556 valence electrons. The minimum atomic E-state index is -4.76. The van der Waals surface area contributed by atoms with Crippen molar-refractivity contribution in [1.29, 1.82) is 0 Å². The summed E-state index contributed by atoms with van der Waals surface area (Å²) in [4.78, 5) is 96.7. The maximum absolute atomic E-state index is 14.2. The van der Waals surface area contributed by atoms with Crippen molar-refractivity contribution in [3.8, 4) is 0 Å². The number of carbonyl (C=O) groups excluding carboxylic acids is 1. The number of phosphoric ester groups is 1. The van der Waals surface area contributed by atoms with Gasteiger partial charge in [-0.25, -0.2) is 54.0 Å². The summed E-state index contributed by atoms with van der Waals surface area (Å²) in [7, 11) is -3.50. The van der Waals surface area contributed by atoms with E-state index in [9.17, 15) is 43.7 Å². The van der Waals surface area contributed by atoms with Crippen LogP contribution in [0.15, 0.2) is 38.0 Å². The van der Waals surface area contributed by atoms with Gasteiger partial charge in [0, 0.05) is 25.9 Å². The third kappa shape index (κ3) is 19.9. The maximum atomic E-state index is 14.2. The molecule has 4 saturated heterocycles. The molecule has 37 nitrogen and oxygen atoms in total. The number of hydrogen-bond acceptors (Lipinski definition) is 33. The molecule has 7 unspecified atom stereocenters. The lowest BCUT2D eigenvalue weighted by atomic mass is 9.89. The molecule has 0 aliphatic carbocycles. The highest BCUT2D eigenvalue weighted by Crippen LogP contribution is 2.62. The molecule has 0 spiro atoms. The molecule has 4 fully saturated rings. The summed E-state index contributed by atoms with van der Waals surface area (Å²) in [6.45, 7) is -14.9. The molecule has 10 heterocycles. The van der Waals surface area contributed by atoms with Crippen molar-refractivity contribution in [3.05, 3.63) is 38.0 Å². The number of unbranched alkanes of at least 4 members (excludes halogenated alkanes) is 14. The number of anilines is 3. The number of fused-ring (bicyclic) bond motifs is 4. The zero-order chi connectivity index (χ0) is 71.2. The van der Waals surface area contributed by atoms with E-state index in [2.05, 4.69) is 51.8 Å². The average Bonchev–Trinajstić information content (AvgIpc) is 1.61. The van der Waals surface area contributed by atoms with Gasteiger partial charge in [0.2, 0.25) is 0 Å². The zero-order valence-corrected chi connectivity index (χ0v) is 61.1. The number of rotatable bonds is 42. The molecular weight excluding hydrogens is 1450 g/mol. The van der Waals surface area contributed by atoms with Gasteiger partial charge in [-0.3, -0.25) is 41.1 Å². The highest BCUT2D eigenvalue weighted by molar-refractivity contribution is 8.54. The van der Waals surface area contributed by atoms with Gasteiger partial charge in [0.25, 0.3) is 0 Å². The molecule has 10 rings (SSSR count). The van der Waals surface area contributed by atoms with E-state index in [0.717, 1.165) is 31.9 Å². The SMILES string of the molecule is CCCCCCCCCCCCCCCCCC(=O)OCCSP(=O)(O)O[C@H]1C2OCCC[C@]2(COP(O)(=S)O[C@H]2C(O)[C@@H](COP(O)(=S)O[C@H]3C(OC)[C@@H](COP(=O)(O)OCCO)O[C@H]3n3cnc4c(N)ncnc43)O[C@H]2n2cnc3c(N)ncnc32)O[C@H]1n1cnc2c(N)ncnc21. The number of methoxy groups -OCH3 is 1. The molecule has 100 heavy (non-hydrogen) atoms. The Bertz CT molecular complexity index is 3880. The number of aromatic nitrogens is 12. The van der Waals surface area contributed by atoms with Crippen LogP contribution in [-0.4, -0.2) is 208 Å². The Hall–Kier alpha value is -4.09. The maximum Gasteiger partial charge on any atom is 0.472 e. The molecule has 4 aliphatic heterocycles. The van der Waals surface area contributed by atoms with E-state index in [1.54, 1.807) is 0 Å². The fraction of sp³-hybridized carbons (Fsp3) is 0.714. The van der Waals surface area contributed by atoms with Gasteiger partial charge in [-0.05, 0) is 54.3 Å². The van der Waals surface area contributed by atoms with Gasteiger partial charge in [-0.2, -0.15) is 0 Å². The van der Waals surface area contributed by atoms with Crippen molar-refractivity contribution in [2.24, 2.45) is 0 Å². The van der Waals surface area contributed by atoms with Gasteiger partial charge in [0.15, 0.2) is 53.1 Å². The van der Waals surface area contributed by atoms with E-state index in [4.69, 9.17) is 101 Å². The van der Waals surface area contributed by atoms with Crippen molar-refractivity contribution in [1.82, 2.24) is 58.6 Å². The first-order valence-corrected chi connectivity index (χ1v) is 42.8. The van der Waals surface area contributed by atoms with Crippen LogP contribution in [0.5, 0.6) is 0 Å². The van der Waals surface area contributed by atoms with Crippen LogP contribution in [0.2, 0.25) is 0 Å². The van der Waals surface area contributed by atoms with Gasteiger partial charge in [0.05, 0.1) is 52.0 Å². The van der Waals surface area contributed by atoms with Crippen LogP contribution in [0.4, 0.5) is 17.5 Å². The second kappa shape index (κ2) is 35.8. The molecule has 4 aliphatic rings. The molecule has 6 aromatic rings. The number of imidazole rings is 3. The monoisotopic (exact) mass is 1540 g/mol. The summed E-state index contributed by atoms with van der Waals surface area (Å²) in [6.07, 6.45) is 10.2. The summed E-state index contributed by atoms with van der Waals surface area (Å²) in [6, 6.07) is 0. The van der Waals surface area contributed by atoms with E-state index >= 15 is 0 Å². The lowest BCUT2D eigenvalue weighted by Crippen LogP contribution is -2.51. The van der Waals surface area contributed by atoms with E-state index in [-0.39, 0.29) is 82.8 Å². The topological polar surface area (TPSA) is 501 Å². The molecule has 0 radical (unpaired) electrons. The van der Waals surface area contributed by atoms with Crippen LogP contribution in [0.25, 0.3) is 33.5 Å². The van der Waals surface area contributed by atoms with Gasteiger partial charge >= 0.3 is 34.0 Å². The molecule has 0 amide bonds. The lowest BCUT2D eigenvalue weighted by Gasteiger charge is -2.39. The first-order chi connectivity index (χ1) is 48.0. The smallest absolute Gasteiger partial charge is 0.465 e. The summed E-state index contributed by atoms with van der Waals surface area (Å²) in [5.41, 5.74) is 17.6. The van der Waals surface area contributed by atoms with Crippen LogP contribution in [0.3, 0.4) is 0 Å². The number of aliphatic hydroxyl groups excluding tert-OH is 2.